The van der Waals surface area contributed by atoms with Crippen molar-refractivity contribution in [2.75, 3.05) is 0 Å². The van der Waals surface area contributed by atoms with Gasteiger partial charge in [0.25, 0.3) is 0 Å². The van der Waals surface area contributed by atoms with Gasteiger partial charge in [-0.05, 0) is 26.3 Å². The molecule has 1 atom stereocenters. The van der Waals surface area contributed by atoms with E-state index < -0.39 is 0 Å². The highest BCUT2D eigenvalue weighted by Gasteiger charge is 2.25. The van der Waals surface area contributed by atoms with Crippen LogP contribution < -0.4 is 0 Å². The van der Waals surface area contributed by atoms with Crippen LogP contribution in [-0.4, -0.2) is 20.5 Å². The van der Waals surface area contributed by atoms with Crippen molar-refractivity contribution in [1.29, 1.82) is 0 Å². The Bertz CT molecular complexity index is 853. The summed E-state index contributed by atoms with van der Waals surface area (Å²) < 4.78 is 1.95. The zero-order valence-electron chi connectivity index (χ0n) is 14.6. The monoisotopic (exact) mass is 351 g/mol. The lowest BCUT2D eigenvalue weighted by molar-refractivity contribution is 0.0989. The van der Waals surface area contributed by atoms with E-state index in [1.807, 2.05) is 73.9 Å². The van der Waals surface area contributed by atoms with Gasteiger partial charge in [-0.1, -0.05) is 71.4 Å². The predicted octanol–water partition coefficient (Wildman–Crippen LogP) is 4.63. The summed E-state index contributed by atoms with van der Waals surface area (Å²) in [4.78, 5) is 13.2. The molecule has 0 N–H and O–H groups in total. The number of hydrogen-bond acceptors (Lipinski definition) is 4. The van der Waals surface area contributed by atoms with Crippen LogP contribution in [0.2, 0.25) is 0 Å². The van der Waals surface area contributed by atoms with Gasteiger partial charge in [0.2, 0.25) is 0 Å². The standard InChI is InChI=1S/C20H21N3OS/c1-4-23-13-21-22-20(23)25-19(17-11-7-15(3)8-12-17)18(24)16-9-5-14(2)6-10-16/h5-13,19H,4H2,1-3H3/t19-/m1/s1. The lowest BCUT2D eigenvalue weighted by Gasteiger charge is -2.16. The molecule has 5 heteroatoms. The number of ketones is 1. The number of aromatic nitrogens is 3. The van der Waals surface area contributed by atoms with Crippen molar-refractivity contribution in [2.45, 2.75) is 37.7 Å². The van der Waals surface area contributed by atoms with Crippen LogP contribution in [-0.2, 0) is 6.54 Å². The zero-order chi connectivity index (χ0) is 17.8. The minimum atomic E-state index is -0.349. The molecular formula is C20H21N3OS. The summed E-state index contributed by atoms with van der Waals surface area (Å²) in [6, 6.07) is 15.8. The van der Waals surface area contributed by atoms with E-state index in [-0.39, 0.29) is 11.0 Å². The molecule has 0 bridgehead atoms. The maximum absolute atomic E-state index is 13.2. The maximum atomic E-state index is 13.2. The Morgan fingerprint density at radius 3 is 2.24 bits per heavy atom. The molecule has 25 heavy (non-hydrogen) atoms. The number of Topliss-reactive ketones (excluding diaryl/α,β-unsaturated/α-hetero) is 1. The molecule has 0 amide bonds. The van der Waals surface area contributed by atoms with Gasteiger partial charge in [0, 0.05) is 12.1 Å². The number of rotatable bonds is 6. The predicted molar refractivity (Wildman–Crippen MR) is 101 cm³/mol. The molecule has 4 nitrogen and oxygen atoms in total. The number of thioether (sulfide) groups is 1. The van der Waals surface area contributed by atoms with E-state index in [1.54, 1.807) is 6.33 Å². The molecule has 1 aromatic heterocycles. The smallest absolute Gasteiger partial charge is 0.192 e. The minimum Gasteiger partial charge on any atom is -0.309 e. The molecule has 2 aromatic carbocycles. The third-order valence-electron chi connectivity index (χ3n) is 4.10. The summed E-state index contributed by atoms with van der Waals surface area (Å²) in [6.07, 6.45) is 1.70. The van der Waals surface area contributed by atoms with Crippen molar-refractivity contribution in [3.63, 3.8) is 0 Å². The first-order chi connectivity index (χ1) is 12.1. The van der Waals surface area contributed by atoms with E-state index in [1.165, 1.54) is 17.3 Å². The van der Waals surface area contributed by atoms with Crippen LogP contribution in [0.3, 0.4) is 0 Å². The highest BCUT2D eigenvalue weighted by molar-refractivity contribution is 8.00. The molecule has 0 aliphatic rings. The van der Waals surface area contributed by atoms with Gasteiger partial charge in [-0.25, -0.2) is 0 Å². The Morgan fingerprint density at radius 2 is 1.64 bits per heavy atom. The first kappa shape index (κ1) is 17.4. The molecule has 0 spiro atoms. The molecule has 1 heterocycles. The highest BCUT2D eigenvalue weighted by atomic mass is 32.2. The van der Waals surface area contributed by atoms with Crippen LogP contribution in [0.5, 0.6) is 0 Å². The first-order valence-corrected chi connectivity index (χ1v) is 9.18. The lowest BCUT2D eigenvalue weighted by Crippen LogP contribution is -2.11. The molecule has 3 rings (SSSR count). The molecule has 0 saturated carbocycles. The highest BCUT2D eigenvalue weighted by Crippen LogP contribution is 2.37. The van der Waals surface area contributed by atoms with Crippen LogP contribution in [0.15, 0.2) is 60.0 Å². The summed E-state index contributed by atoms with van der Waals surface area (Å²) >= 11 is 1.45. The quantitative estimate of drug-likeness (QED) is 0.480. The molecular weight excluding hydrogens is 330 g/mol. The summed E-state index contributed by atoms with van der Waals surface area (Å²) in [5, 5.41) is 8.57. The van der Waals surface area contributed by atoms with Crippen molar-refractivity contribution in [3.8, 4) is 0 Å². The normalized spacial score (nSPS) is 12.1. The Kier molecular flexibility index (Phi) is 5.34. The Labute approximate surface area is 152 Å². The van der Waals surface area contributed by atoms with Crippen LogP contribution in [0.4, 0.5) is 0 Å². The van der Waals surface area contributed by atoms with Gasteiger partial charge in [0.15, 0.2) is 10.9 Å². The van der Waals surface area contributed by atoms with E-state index in [2.05, 4.69) is 10.2 Å². The van der Waals surface area contributed by atoms with Crippen LogP contribution in [0.1, 0.15) is 39.2 Å². The van der Waals surface area contributed by atoms with Gasteiger partial charge >= 0.3 is 0 Å². The summed E-state index contributed by atoms with van der Waals surface area (Å²) in [6.45, 7) is 6.87. The molecule has 0 saturated heterocycles. The Balaban J connectivity index is 1.97. The van der Waals surface area contributed by atoms with Gasteiger partial charge in [0.1, 0.15) is 11.6 Å². The summed E-state index contributed by atoms with van der Waals surface area (Å²) in [7, 11) is 0. The van der Waals surface area contributed by atoms with E-state index in [0.29, 0.717) is 5.56 Å². The fourth-order valence-corrected chi connectivity index (χ4v) is 3.69. The van der Waals surface area contributed by atoms with Gasteiger partial charge in [-0.3, -0.25) is 4.79 Å². The second-order valence-corrected chi connectivity index (χ2v) is 7.11. The van der Waals surface area contributed by atoms with Gasteiger partial charge in [0.05, 0.1) is 0 Å². The zero-order valence-corrected chi connectivity index (χ0v) is 15.5. The van der Waals surface area contributed by atoms with Crippen molar-refractivity contribution in [1.82, 2.24) is 14.8 Å². The van der Waals surface area contributed by atoms with E-state index in [4.69, 9.17) is 0 Å². The molecule has 0 radical (unpaired) electrons. The number of benzene rings is 2. The van der Waals surface area contributed by atoms with Gasteiger partial charge in [-0.15, -0.1) is 10.2 Å². The first-order valence-electron chi connectivity index (χ1n) is 8.30. The fraction of sp³-hybridized carbons (Fsp3) is 0.250. The van der Waals surface area contributed by atoms with Crippen molar-refractivity contribution in [2.24, 2.45) is 0 Å². The third-order valence-corrected chi connectivity index (χ3v) is 5.35. The topological polar surface area (TPSA) is 47.8 Å². The molecule has 0 aliphatic heterocycles. The average molecular weight is 351 g/mol. The van der Waals surface area contributed by atoms with Crippen LogP contribution in [0, 0.1) is 13.8 Å². The lowest BCUT2D eigenvalue weighted by atomic mass is 10.0. The van der Waals surface area contributed by atoms with E-state index in [0.717, 1.165) is 22.8 Å². The largest absolute Gasteiger partial charge is 0.309 e. The fourth-order valence-electron chi connectivity index (χ4n) is 2.54. The summed E-state index contributed by atoms with van der Waals surface area (Å²) in [5.41, 5.74) is 4.01. The van der Waals surface area contributed by atoms with Crippen molar-refractivity contribution >= 4 is 17.5 Å². The van der Waals surface area contributed by atoms with Gasteiger partial charge in [-0.2, -0.15) is 0 Å². The van der Waals surface area contributed by atoms with Gasteiger partial charge < -0.3 is 4.57 Å². The van der Waals surface area contributed by atoms with E-state index >= 15 is 0 Å². The third kappa shape index (κ3) is 3.99. The van der Waals surface area contributed by atoms with Crippen LogP contribution in [0.25, 0.3) is 0 Å². The SMILES string of the molecule is CCn1cnnc1S[C@@H](C(=O)c1ccc(C)cc1)c1ccc(C)cc1. The number of aryl methyl sites for hydroxylation is 3. The molecule has 128 valence electrons. The maximum Gasteiger partial charge on any atom is 0.192 e. The van der Waals surface area contributed by atoms with E-state index in [9.17, 15) is 4.79 Å². The summed E-state index contributed by atoms with van der Waals surface area (Å²) in [5.74, 6) is 0.0829. The number of carbonyl (C=O) groups is 1. The second-order valence-electron chi connectivity index (χ2n) is 6.04. The van der Waals surface area contributed by atoms with Crippen LogP contribution >= 0.6 is 11.8 Å². The Morgan fingerprint density at radius 1 is 1.04 bits per heavy atom. The minimum absolute atomic E-state index is 0.0829. The number of hydrogen-bond donors (Lipinski definition) is 0. The Hall–Kier alpha value is -2.40. The second kappa shape index (κ2) is 7.66. The average Bonchev–Trinajstić information content (AvgIpc) is 3.08. The van der Waals surface area contributed by atoms with Crippen molar-refractivity contribution < 1.29 is 4.79 Å². The number of nitrogens with zero attached hydrogens (tertiary/aromatic N) is 3. The molecule has 0 fully saturated rings. The van der Waals surface area contributed by atoms with Crippen molar-refractivity contribution in [3.05, 3.63) is 77.1 Å². The molecule has 0 unspecified atom stereocenters. The molecule has 0 aliphatic carbocycles. The number of carbonyl (C=O) groups excluding carboxylic acids is 1. The molecule has 3 aromatic rings.